The molecule has 0 fully saturated rings. The van der Waals surface area contributed by atoms with Crippen molar-refractivity contribution in [1.29, 1.82) is 0 Å². The number of aliphatic hydroxyl groups is 2. The number of quaternary nitrogens is 1. The number of hydrogen-bond acceptors (Lipinski definition) is 6. The molecule has 2 aromatic carbocycles. The number of carboxylic acids is 1. The quantitative estimate of drug-likeness (QED) is 0.386. The zero-order valence-corrected chi connectivity index (χ0v) is 16.9. The number of amides is 1. The molecule has 1 amide bonds. The van der Waals surface area contributed by atoms with E-state index in [-0.39, 0.29) is 11.8 Å². The molecule has 0 aliphatic heterocycles. The van der Waals surface area contributed by atoms with Crippen molar-refractivity contribution in [1.82, 2.24) is 5.32 Å². The summed E-state index contributed by atoms with van der Waals surface area (Å²) in [5.41, 5.74) is 5.23. The molecule has 4 unspecified atom stereocenters. The predicted octanol–water partition coefficient (Wildman–Crippen LogP) is -0.413. The Bertz CT molecular complexity index is 821. The van der Waals surface area contributed by atoms with E-state index in [1.807, 2.05) is 37.3 Å². The van der Waals surface area contributed by atoms with E-state index in [0.29, 0.717) is 11.6 Å². The first-order valence-corrected chi connectivity index (χ1v) is 9.34. The summed E-state index contributed by atoms with van der Waals surface area (Å²) in [5, 5.41) is 41.2. The van der Waals surface area contributed by atoms with E-state index in [2.05, 4.69) is 11.1 Å². The van der Waals surface area contributed by atoms with E-state index in [0.717, 1.165) is 11.6 Å². The van der Waals surface area contributed by atoms with Crippen LogP contribution < -0.4 is 16.2 Å². The average molecular weight is 416 g/mol. The first kappa shape index (κ1) is 24.8. The molecular formula is C22H28N2O6. The molecule has 0 bridgehead atoms. The van der Waals surface area contributed by atoms with Gasteiger partial charge in [0.1, 0.15) is 17.9 Å². The molecule has 7 N–H and O–H groups in total. The maximum Gasteiger partial charge on any atom is 0.244 e. The lowest BCUT2D eigenvalue weighted by Crippen LogP contribution is -2.61. The Morgan fingerprint density at radius 2 is 1.47 bits per heavy atom. The number of carboxylic acid groups (broad SMARTS) is 1. The Kier molecular flexibility index (Phi) is 10.3. The van der Waals surface area contributed by atoms with Crippen LogP contribution in [0.15, 0.2) is 66.7 Å². The molecule has 0 saturated heterocycles. The van der Waals surface area contributed by atoms with Crippen LogP contribution >= 0.6 is 0 Å². The van der Waals surface area contributed by atoms with Gasteiger partial charge in [0.05, 0.1) is 18.1 Å². The molecule has 0 aliphatic rings. The number of rotatable bonds is 7. The van der Waals surface area contributed by atoms with Gasteiger partial charge in [-0.3, -0.25) is 4.79 Å². The van der Waals surface area contributed by atoms with E-state index >= 15 is 0 Å². The van der Waals surface area contributed by atoms with Crippen molar-refractivity contribution in [2.75, 3.05) is 0 Å². The van der Waals surface area contributed by atoms with Gasteiger partial charge in [-0.25, -0.2) is 0 Å². The molecule has 0 spiro atoms. The normalized spacial score (nSPS) is 14.7. The molecule has 0 saturated carbocycles. The Morgan fingerprint density at radius 3 is 1.97 bits per heavy atom. The topological polar surface area (TPSA) is 158 Å². The van der Waals surface area contributed by atoms with Crippen LogP contribution in [0.1, 0.15) is 37.2 Å². The number of hydrogen-bond donors (Lipinski definition) is 5. The minimum absolute atomic E-state index is 0.0393. The molecule has 162 valence electrons. The van der Waals surface area contributed by atoms with Crippen LogP contribution in [0.2, 0.25) is 0 Å². The Labute approximate surface area is 175 Å². The summed E-state index contributed by atoms with van der Waals surface area (Å²) >= 11 is 0. The molecule has 0 heterocycles. The number of nitrogens with one attached hydrogen (secondary N) is 1. The van der Waals surface area contributed by atoms with Crippen molar-refractivity contribution in [2.24, 2.45) is 0 Å². The fourth-order valence-corrected chi connectivity index (χ4v) is 2.43. The summed E-state index contributed by atoms with van der Waals surface area (Å²) in [6, 6.07) is 14.9. The van der Waals surface area contributed by atoms with Crippen molar-refractivity contribution in [3.05, 3.63) is 77.9 Å². The number of phenols is 1. The largest absolute Gasteiger partial charge is 0.545 e. The molecule has 8 nitrogen and oxygen atoms in total. The summed E-state index contributed by atoms with van der Waals surface area (Å²) in [4.78, 5) is 21.4. The smallest absolute Gasteiger partial charge is 0.244 e. The van der Waals surface area contributed by atoms with Gasteiger partial charge in [0.25, 0.3) is 0 Å². The summed E-state index contributed by atoms with van der Waals surface area (Å²) in [6.45, 7) is 3.47. The van der Waals surface area contributed by atoms with Gasteiger partial charge in [0.15, 0.2) is 0 Å². The SMILES string of the molecule is CC(NC(=O)/C=C/C(=O)[O-])C(O)c1ccc(O)cc1.CC([NH3+])C(O)c1ccccc1. The van der Waals surface area contributed by atoms with E-state index in [9.17, 15) is 24.9 Å². The van der Waals surface area contributed by atoms with Crippen LogP contribution in [-0.2, 0) is 9.59 Å². The van der Waals surface area contributed by atoms with Gasteiger partial charge in [-0.2, -0.15) is 0 Å². The molecular weight excluding hydrogens is 388 g/mol. The van der Waals surface area contributed by atoms with Crippen molar-refractivity contribution in [2.45, 2.75) is 38.1 Å². The molecule has 8 heteroatoms. The van der Waals surface area contributed by atoms with E-state index < -0.39 is 30.1 Å². The van der Waals surface area contributed by atoms with Crippen LogP contribution in [0, 0.1) is 0 Å². The lowest BCUT2D eigenvalue weighted by atomic mass is 10.0. The number of aromatic hydroxyl groups is 1. The van der Waals surface area contributed by atoms with Crippen molar-refractivity contribution in [3.63, 3.8) is 0 Å². The van der Waals surface area contributed by atoms with Gasteiger partial charge in [-0.1, -0.05) is 42.5 Å². The minimum atomic E-state index is -1.47. The third-order valence-corrected chi connectivity index (χ3v) is 4.13. The van der Waals surface area contributed by atoms with Crippen LogP contribution in [0.25, 0.3) is 0 Å². The maximum atomic E-state index is 11.3. The lowest BCUT2D eigenvalue weighted by Gasteiger charge is -2.20. The highest BCUT2D eigenvalue weighted by Gasteiger charge is 2.17. The first-order chi connectivity index (χ1) is 14.1. The average Bonchev–Trinajstić information content (AvgIpc) is 2.72. The third-order valence-electron chi connectivity index (χ3n) is 4.13. The molecule has 0 aliphatic carbocycles. The van der Waals surface area contributed by atoms with Crippen LogP contribution in [-0.4, -0.2) is 39.3 Å². The summed E-state index contributed by atoms with van der Waals surface area (Å²) in [7, 11) is 0. The van der Waals surface area contributed by atoms with Crippen LogP contribution in [0.4, 0.5) is 0 Å². The van der Waals surface area contributed by atoms with Gasteiger partial charge in [0, 0.05) is 6.08 Å². The van der Waals surface area contributed by atoms with Gasteiger partial charge in [-0.15, -0.1) is 0 Å². The van der Waals surface area contributed by atoms with E-state index in [1.54, 1.807) is 6.92 Å². The zero-order valence-electron chi connectivity index (χ0n) is 16.9. The summed E-state index contributed by atoms with van der Waals surface area (Å²) in [5.74, 6) is -2.04. The summed E-state index contributed by atoms with van der Waals surface area (Å²) < 4.78 is 0. The number of benzene rings is 2. The summed E-state index contributed by atoms with van der Waals surface area (Å²) in [6.07, 6.45) is 0.0155. The minimum Gasteiger partial charge on any atom is -0.545 e. The zero-order chi connectivity index (χ0) is 22.7. The number of aliphatic carboxylic acids is 1. The fraction of sp³-hybridized carbons (Fsp3) is 0.273. The third kappa shape index (κ3) is 8.87. The number of carbonyl (C=O) groups excluding carboxylic acids is 2. The second-order valence-electron chi connectivity index (χ2n) is 6.82. The molecule has 4 atom stereocenters. The molecule has 0 aromatic heterocycles. The highest BCUT2D eigenvalue weighted by atomic mass is 16.4. The molecule has 2 rings (SSSR count). The van der Waals surface area contributed by atoms with Gasteiger partial charge in [-0.05, 0) is 43.2 Å². The molecule has 30 heavy (non-hydrogen) atoms. The lowest BCUT2D eigenvalue weighted by molar-refractivity contribution is -0.433. The van der Waals surface area contributed by atoms with Crippen LogP contribution in [0.3, 0.4) is 0 Å². The van der Waals surface area contributed by atoms with Crippen LogP contribution in [0.5, 0.6) is 5.75 Å². The Morgan fingerprint density at radius 1 is 0.933 bits per heavy atom. The standard InChI is InChI=1S/C13H15NO5.C9H13NO/c1-8(14-11(16)6-7-12(17)18)13(19)9-2-4-10(15)5-3-9;1-7(10)9(11)8-5-3-2-4-6-8/h2-8,13,15,19H,1H3,(H,14,16)(H,17,18);2-7,9,11H,10H2,1H3/b7-6+;. The van der Waals surface area contributed by atoms with Gasteiger partial charge < -0.3 is 36.3 Å². The van der Waals surface area contributed by atoms with Gasteiger partial charge >= 0.3 is 0 Å². The highest BCUT2D eigenvalue weighted by Crippen LogP contribution is 2.19. The molecule has 0 radical (unpaired) electrons. The fourth-order valence-electron chi connectivity index (χ4n) is 2.43. The van der Waals surface area contributed by atoms with Crippen molar-refractivity contribution >= 4 is 11.9 Å². The molecule has 2 aromatic rings. The number of carbonyl (C=O) groups is 2. The van der Waals surface area contributed by atoms with E-state index in [1.165, 1.54) is 24.3 Å². The first-order valence-electron chi connectivity index (χ1n) is 9.34. The second kappa shape index (κ2) is 12.4. The predicted molar refractivity (Wildman–Crippen MR) is 109 cm³/mol. The van der Waals surface area contributed by atoms with Crippen molar-refractivity contribution < 1.29 is 35.7 Å². The maximum absolute atomic E-state index is 11.3. The highest BCUT2D eigenvalue weighted by molar-refractivity contribution is 5.93. The Balaban J connectivity index is 0.000000346. The Hall–Kier alpha value is -3.20. The second-order valence-corrected chi connectivity index (χ2v) is 6.82. The van der Waals surface area contributed by atoms with Crippen molar-refractivity contribution in [3.8, 4) is 5.75 Å². The number of phenolic OH excluding ortho intramolecular Hbond substituents is 1. The van der Waals surface area contributed by atoms with E-state index in [4.69, 9.17) is 5.11 Å². The number of aliphatic hydroxyl groups excluding tert-OH is 2. The monoisotopic (exact) mass is 416 g/mol. The van der Waals surface area contributed by atoms with Gasteiger partial charge in [0.2, 0.25) is 5.91 Å².